The van der Waals surface area contributed by atoms with Gasteiger partial charge in [-0.15, -0.1) is 5.10 Å². The van der Waals surface area contributed by atoms with Crippen molar-refractivity contribution in [3.8, 4) is 0 Å². The summed E-state index contributed by atoms with van der Waals surface area (Å²) in [6, 6.07) is 4.21. The minimum atomic E-state index is 0.257. The molecule has 2 aromatic rings. The van der Waals surface area contributed by atoms with Crippen LogP contribution >= 0.6 is 11.5 Å². The normalized spacial score (nSPS) is 12.7. The van der Waals surface area contributed by atoms with Crippen molar-refractivity contribution < 1.29 is 4.42 Å². The first-order chi connectivity index (χ1) is 9.35. The average Bonchev–Trinajstić information content (AvgIpc) is 3.06. The molecular weight excluding hydrogens is 258 g/mol. The Balaban J connectivity index is 2.13. The Morgan fingerprint density at radius 1 is 1.37 bits per heavy atom. The Bertz CT molecular complexity index is 467. The van der Waals surface area contributed by atoms with E-state index in [-0.39, 0.29) is 6.04 Å². The van der Waals surface area contributed by atoms with Crippen LogP contribution in [0.3, 0.4) is 0 Å². The van der Waals surface area contributed by atoms with Gasteiger partial charge in [0.2, 0.25) is 0 Å². The van der Waals surface area contributed by atoms with Gasteiger partial charge in [0.15, 0.2) is 0 Å². The molecule has 0 radical (unpaired) electrons. The second-order valence-electron chi connectivity index (χ2n) is 4.62. The second kappa shape index (κ2) is 7.40. The third-order valence-corrected chi connectivity index (χ3v) is 3.89. The summed E-state index contributed by atoms with van der Waals surface area (Å²) in [7, 11) is 0. The summed E-state index contributed by atoms with van der Waals surface area (Å²) in [5.74, 6) is 1.00. The van der Waals surface area contributed by atoms with Gasteiger partial charge < -0.3 is 9.73 Å². The van der Waals surface area contributed by atoms with E-state index in [4.69, 9.17) is 4.42 Å². The van der Waals surface area contributed by atoms with Gasteiger partial charge in [0.25, 0.3) is 0 Å². The SMILES string of the molecule is CCCNC(Cc1ccco1)c1snnc1CCC. The molecule has 0 aliphatic rings. The number of furan rings is 1. The zero-order valence-corrected chi connectivity index (χ0v) is 12.4. The molecule has 19 heavy (non-hydrogen) atoms. The molecule has 2 aromatic heterocycles. The molecule has 0 spiro atoms. The van der Waals surface area contributed by atoms with Crippen molar-refractivity contribution in [2.24, 2.45) is 0 Å². The van der Waals surface area contributed by atoms with E-state index in [2.05, 4.69) is 28.8 Å². The Morgan fingerprint density at radius 2 is 2.26 bits per heavy atom. The zero-order valence-electron chi connectivity index (χ0n) is 11.6. The maximum absolute atomic E-state index is 5.47. The van der Waals surface area contributed by atoms with Crippen molar-refractivity contribution in [3.05, 3.63) is 34.7 Å². The molecule has 1 unspecified atom stereocenters. The lowest BCUT2D eigenvalue weighted by molar-refractivity contribution is 0.450. The predicted molar refractivity (Wildman–Crippen MR) is 77.4 cm³/mol. The molecule has 104 valence electrons. The van der Waals surface area contributed by atoms with E-state index in [0.717, 1.165) is 43.7 Å². The summed E-state index contributed by atoms with van der Waals surface area (Å²) in [6.07, 6.45) is 5.79. The lowest BCUT2D eigenvalue weighted by atomic mass is 10.1. The van der Waals surface area contributed by atoms with E-state index < -0.39 is 0 Å². The van der Waals surface area contributed by atoms with Crippen LogP contribution in [0.25, 0.3) is 0 Å². The van der Waals surface area contributed by atoms with E-state index in [1.54, 1.807) is 6.26 Å². The molecule has 0 aliphatic carbocycles. The zero-order chi connectivity index (χ0) is 13.5. The minimum absolute atomic E-state index is 0.257. The van der Waals surface area contributed by atoms with Crippen LogP contribution in [-0.2, 0) is 12.8 Å². The maximum atomic E-state index is 5.47. The van der Waals surface area contributed by atoms with Gasteiger partial charge in [0, 0.05) is 6.42 Å². The summed E-state index contributed by atoms with van der Waals surface area (Å²) in [5.41, 5.74) is 1.13. The number of aromatic nitrogens is 2. The number of aryl methyl sites for hydroxylation is 1. The largest absolute Gasteiger partial charge is 0.469 e. The van der Waals surface area contributed by atoms with Crippen molar-refractivity contribution in [2.45, 2.75) is 45.6 Å². The fraction of sp³-hybridized carbons (Fsp3) is 0.571. The van der Waals surface area contributed by atoms with Gasteiger partial charge in [-0.2, -0.15) is 0 Å². The summed E-state index contributed by atoms with van der Waals surface area (Å²) in [6.45, 7) is 5.34. The fourth-order valence-electron chi connectivity index (χ4n) is 2.10. The van der Waals surface area contributed by atoms with Crippen LogP contribution in [0.15, 0.2) is 22.8 Å². The van der Waals surface area contributed by atoms with Crippen molar-refractivity contribution in [1.29, 1.82) is 0 Å². The fourth-order valence-corrected chi connectivity index (χ4v) is 2.87. The molecule has 5 heteroatoms. The van der Waals surface area contributed by atoms with Gasteiger partial charge in [-0.3, -0.25) is 0 Å². The average molecular weight is 279 g/mol. The summed E-state index contributed by atoms with van der Waals surface area (Å²) < 4.78 is 9.59. The first-order valence-corrected chi connectivity index (χ1v) is 7.69. The van der Waals surface area contributed by atoms with Crippen LogP contribution in [0.1, 0.15) is 49.1 Å². The smallest absolute Gasteiger partial charge is 0.105 e. The molecule has 0 aromatic carbocycles. The van der Waals surface area contributed by atoms with E-state index in [9.17, 15) is 0 Å². The van der Waals surface area contributed by atoms with Crippen molar-refractivity contribution in [3.63, 3.8) is 0 Å². The van der Waals surface area contributed by atoms with Crippen LogP contribution in [0, 0.1) is 0 Å². The summed E-state index contributed by atoms with van der Waals surface area (Å²) >= 11 is 1.50. The Morgan fingerprint density at radius 3 is 2.95 bits per heavy atom. The number of hydrogen-bond acceptors (Lipinski definition) is 5. The molecule has 1 N–H and O–H groups in total. The van der Waals surface area contributed by atoms with Gasteiger partial charge in [-0.05, 0) is 43.1 Å². The van der Waals surface area contributed by atoms with Crippen LogP contribution < -0.4 is 5.32 Å². The van der Waals surface area contributed by atoms with E-state index in [1.807, 2.05) is 12.1 Å². The van der Waals surface area contributed by atoms with Gasteiger partial charge in [-0.1, -0.05) is 24.8 Å². The van der Waals surface area contributed by atoms with Gasteiger partial charge in [-0.25, -0.2) is 0 Å². The number of nitrogens with one attached hydrogen (secondary N) is 1. The van der Waals surface area contributed by atoms with E-state index in [1.165, 1.54) is 16.4 Å². The number of rotatable bonds is 8. The number of hydrogen-bond donors (Lipinski definition) is 1. The molecule has 1 atom stereocenters. The molecule has 4 nitrogen and oxygen atoms in total. The highest BCUT2D eigenvalue weighted by atomic mass is 32.1. The van der Waals surface area contributed by atoms with Crippen LogP contribution in [0.4, 0.5) is 0 Å². The van der Waals surface area contributed by atoms with Crippen molar-refractivity contribution in [1.82, 2.24) is 14.9 Å². The van der Waals surface area contributed by atoms with Crippen molar-refractivity contribution >= 4 is 11.5 Å². The van der Waals surface area contributed by atoms with E-state index >= 15 is 0 Å². The third kappa shape index (κ3) is 3.88. The quantitative estimate of drug-likeness (QED) is 0.805. The summed E-state index contributed by atoms with van der Waals surface area (Å²) in [5, 5.41) is 7.84. The molecule has 0 bridgehead atoms. The molecule has 0 aliphatic heterocycles. The van der Waals surface area contributed by atoms with Crippen LogP contribution in [0.5, 0.6) is 0 Å². The highest BCUT2D eigenvalue weighted by molar-refractivity contribution is 7.05. The molecule has 0 fully saturated rings. The predicted octanol–water partition coefficient (Wildman–Crippen LogP) is 3.37. The molecule has 2 rings (SSSR count). The first kappa shape index (κ1) is 14.2. The molecule has 0 amide bonds. The minimum Gasteiger partial charge on any atom is -0.469 e. The Hall–Kier alpha value is -1.20. The van der Waals surface area contributed by atoms with Crippen LogP contribution in [-0.4, -0.2) is 16.1 Å². The van der Waals surface area contributed by atoms with Gasteiger partial charge in [0.05, 0.1) is 22.9 Å². The molecule has 2 heterocycles. The molecule has 0 saturated heterocycles. The highest BCUT2D eigenvalue weighted by Gasteiger charge is 2.19. The van der Waals surface area contributed by atoms with Gasteiger partial charge >= 0.3 is 0 Å². The summed E-state index contributed by atoms with van der Waals surface area (Å²) in [4.78, 5) is 1.26. The third-order valence-electron chi connectivity index (χ3n) is 3.01. The standard InChI is InChI=1S/C14H21N3OS/c1-3-6-12-14(19-17-16-12)13(15-8-4-2)10-11-7-5-9-18-11/h5,7,9,13,15H,3-4,6,8,10H2,1-2H3. The number of nitrogens with zero attached hydrogens (tertiary/aromatic N) is 2. The van der Waals surface area contributed by atoms with Crippen molar-refractivity contribution in [2.75, 3.05) is 6.54 Å². The van der Waals surface area contributed by atoms with Gasteiger partial charge in [0.1, 0.15) is 5.76 Å². The Labute approximate surface area is 118 Å². The van der Waals surface area contributed by atoms with Crippen LogP contribution in [0.2, 0.25) is 0 Å². The molecular formula is C14H21N3OS. The lowest BCUT2D eigenvalue weighted by Crippen LogP contribution is -2.24. The second-order valence-corrected chi connectivity index (χ2v) is 5.41. The first-order valence-electron chi connectivity index (χ1n) is 6.92. The Kier molecular flexibility index (Phi) is 5.54. The topological polar surface area (TPSA) is 51.0 Å². The van der Waals surface area contributed by atoms with E-state index in [0.29, 0.717) is 0 Å². The molecule has 0 saturated carbocycles. The lowest BCUT2D eigenvalue weighted by Gasteiger charge is -2.16. The highest BCUT2D eigenvalue weighted by Crippen LogP contribution is 2.25. The monoisotopic (exact) mass is 279 g/mol. The maximum Gasteiger partial charge on any atom is 0.105 e.